The van der Waals surface area contributed by atoms with Crippen LogP contribution in [0.1, 0.15) is 13.3 Å². The Hall–Kier alpha value is -0.590. The van der Waals surface area contributed by atoms with Gasteiger partial charge in [-0.25, -0.2) is 0 Å². The number of piperazine rings is 1. The van der Waals surface area contributed by atoms with Gasteiger partial charge >= 0.3 is 0 Å². The monoisotopic (exact) mass is 167 g/mol. The van der Waals surface area contributed by atoms with Crippen molar-refractivity contribution in [1.29, 1.82) is 5.26 Å². The van der Waals surface area contributed by atoms with Crippen LogP contribution in [-0.2, 0) is 0 Å². The highest BCUT2D eigenvalue weighted by atomic mass is 15.3. The number of rotatable bonds is 2. The number of hydrogen-bond acceptors (Lipinski definition) is 3. The van der Waals surface area contributed by atoms with E-state index in [0.29, 0.717) is 0 Å². The third kappa shape index (κ3) is 2.20. The Balaban J connectivity index is 2.39. The molecule has 0 bridgehead atoms. The summed E-state index contributed by atoms with van der Waals surface area (Å²) in [7, 11) is 2.13. The molecule has 0 aromatic carbocycles. The van der Waals surface area contributed by atoms with Crippen molar-refractivity contribution in [3.8, 4) is 6.07 Å². The SMILES string of the molecule is CCC(C#N)N1CCN(C)CC1. The molecule has 0 aromatic heterocycles. The van der Waals surface area contributed by atoms with Gasteiger partial charge in [0.1, 0.15) is 0 Å². The van der Waals surface area contributed by atoms with E-state index >= 15 is 0 Å². The van der Waals surface area contributed by atoms with Crippen molar-refractivity contribution in [2.75, 3.05) is 33.2 Å². The second-order valence-corrected chi connectivity index (χ2v) is 3.39. The van der Waals surface area contributed by atoms with Crippen LogP contribution in [0.2, 0.25) is 0 Å². The van der Waals surface area contributed by atoms with Gasteiger partial charge in [0.05, 0.1) is 12.1 Å². The van der Waals surface area contributed by atoms with Crippen molar-refractivity contribution in [3.63, 3.8) is 0 Å². The summed E-state index contributed by atoms with van der Waals surface area (Å²) in [6.45, 7) is 6.35. The Morgan fingerprint density at radius 2 is 1.92 bits per heavy atom. The molecule has 0 aliphatic carbocycles. The normalized spacial score (nSPS) is 23.4. The van der Waals surface area contributed by atoms with E-state index in [0.717, 1.165) is 32.6 Å². The van der Waals surface area contributed by atoms with Gasteiger partial charge < -0.3 is 4.90 Å². The molecule has 68 valence electrons. The maximum atomic E-state index is 8.84. The van der Waals surface area contributed by atoms with Gasteiger partial charge in [0, 0.05) is 26.2 Å². The summed E-state index contributed by atoms with van der Waals surface area (Å²) in [4.78, 5) is 4.58. The number of nitriles is 1. The van der Waals surface area contributed by atoms with Crippen LogP contribution >= 0.6 is 0 Å². The van der Waals surface area contributed by atoms with Crippen LogP contribution in [0.25, 0.3) is 0 Å². The molecule has 0 radical (unpaired) electrons. The Labute approximate surface area is 74.6 Å². The van der Waals surface area contributed by atoms with E-state index < -0.39 is 0 Å². The summed E-state index contributed by atoms with van der Waals surface area (Å²) in [5, 5.41) is 8.84. The largest absolute Gasteiger partial charge is 0.304 e. The van der Waals surface area contributed by atoms with E-state index in [1.54, 1.807) is 0 Å². The second-order valence-electron chi connectivity index (χ2n) is 3.39. The van der Waals surface area contributed by atoms with Gasteiger partial charge in [-0.15, -0.1) is 0 Å². The second kappa shape index (κ2) is 4.44. The van der Waals surface area contributed by atoms with E-state index in [1.165, 1.54) is 0 Å². The zero-order valence-corrected chi connectivity index (χ0v) is 7.95. The fourth-order valence-electron chi connectivity index (χ4n) is 1.56. The Bertz CT molecular complexity index is 165. The van der Waals surface area contributed by atoms with Crippen LogP contribution in [0.15, 0.2) is 0 Å². The lowest BCUT2D eigenvalue weighted by atomic mass is 10.2. The molecular formula is C9H17N3. The van der Waals surface area contributed by atoms with Gasteiger partial charge in [-0.3, -0.25) is 4.90 Å². The quantitative estimate of drug-likeness (QED) is 0.601. The summed E-state index contributed by atoms with van der Waals surface area (Å²) < 4.78 is 0. The van der Waals surface area contributed by atoms with Gasteiger partial charge in [-0.1, -0.05) is 6.92 Å². The van der Waals surface area contributed by atoms with E-state index in [9.17, 15) is 0 Å². The third-order valence-electron chi connectivity index (χ3n) is 2.51. The van der Waals surface area contributed by atoms with Crippen molar-refractivity contribution < 1.29 is 0 Å². The van der Waals surface area contributed by atoms with E-state index in [-0.39, 0.29) is 6.04 Å². The fourth-order valence-corrected chi connectivity index (χ4v) is 1.56. The van der Waals surface area contributed by atoms with Crippen LogP contribution in [0, 0.1) is 11.3 Å². The first kappa shape index (κ1) is 9.50. The highest BCUT2D eigenvalue weighted by Gasteiger charge is 2.20. The van der Waals surface area contributed by atoms with Gasteiger partial charge in [-0.2, -0.15) is 5.26 Å². The number of likely N-dealkylation sites (N-methyl/N-ethyl adjacent to an activating group) is 1. The lowest BCUT2D eigenvalue weighted by Gasteiger charge is -2.34. The topological polar surface area (TPSA) is 30.3 Å². The van der Waals surface area contributed by atoms with Crippen LogP contribution in [0.3, 0.4) is 0 Å². The molecule has 0 N–H and O–H groups in total. The van der Waals surface area contributed by atoms with E-state index in [2.05, 4.69) is 29.8 Å². The molecule has 1 aliphatic rings. The minimum Gasteiger partial charge on any atom is -0.304 e. The maximum absolute atomic E-state index is 8.84. The van der Waals surface area contributed by atoms with Crippen LogP contribution in [0.4, 0.5) is 0 Å². The molecule has 1 rings (SSSR count). The van der Waals surface area contributed by atoms with Crippen molar-refractivity contribution >= 4 is 0 Å². The van der Waals surface area contributed by atoms with Gasteiger partial charge in [0.15, 0.2) is 0 Å². The summed E-state index contributed by atoms with van der Waals surface area (Å²) in [6.07, 6.45) is 0.945. The molecule has 1 unspecified atom stereocenters. The smallest absolute Gasteiger partial charge is 0.0976 e. The molecule has 1 aliphatic heterocycles. The van der Waals surface area contributed by atoms with Crippen molar-refractivity contribution in [3.05, 3.63) is 0 Å². The minimum absolute atomic E-state index is 0.138. The Morgan fingerprint density at radius 1 is 1.33 bits per heavy atom. The van der Waals surface area contributed by atoms with Crippen molar-refractivity contribution in [2.45, 2.75) is 19.4 Å². The first-order valence-electron chi connectivity index (χ1n) is 4.60. The molecule has 0 aromatic rings. The third-order valence-corrected chi connectivity index (χ3v) is 2.51. The van der Waals surface area contributed by atoms with Gasteiger partial charge in [0.25, 0.3) is 0 Å². The molecule has 1 saturated heterocycles. The molecule has 1 heterocycles. The molecule has 3 heteroatoms. The number of hydrogen-bond donors (Lipinski definition) is 0. The summed E-state index contributed by atoms with van der Waals surface area (Å²) in [5.74, 6) is 0. The number of nitrogens with zero attached hydrogens (tertiary/aromatic N) is 3. The zero-order valence-electron chi connectivity index (χ0n) is 7.95. The van der Waals surface area contributed by atoms with Gasteiger partial charge in [-0.05, 0) is 13.5 Å². The standard InChI is InChI=1S/C9H17N3/c1-3-9(8-10)12-6-4-11(2)5-7-12/h9H,3-7H2,1-2H3. The fraction of sp³-hybridized carbons (Fsp3) is 0.889. The van der Waals surface area contributed by atoms with Crippen molar-refractivity contribution in [1.82, 2.24) is 9.80 Å². The van der Waals surface area contributed by atoms with Crippen LogP contribution in [-0.4, -0.2) is 49.1 Å². The average molecular weight is 167 g/mol. The molecular weight excluding hydrogens is 150 g/mol. The molecule has 1 atom stereocenters. The first-order valence-corrected chi connectivity index (χ1v) is 4.60. The molecule has 1 fully saturated rings. The average Bonchev–Trinajstić information content (AvgIpc) is 2.10. The zero-order chi connectivity index (χ0) is 8.97. The highest BCUT2D eigenvalue weighted by Crippen LogP contribution is 2.06. The van der Waals surface area contributed by atoms with E-state index in [1.807, 2.05) is 0 Å². The Kier molecular flexibility index (Phi) is 3.51. The molecule has 0 amide bonds. The van der Waals surface area contributed by atoms with Crippen LogP contribution in [0.5, 0.6) is 0 Å². The molecule has 0 saturated carbocycles. The predicted octanol–water partition coefficient (Wildman–Crippen LogP) is 0.536. The van der Waals surface area contributed by atoms with Crippen LogP contribution < -0.4 is 0 Å². The first-order chi connectivity index (χ1) is 5.77. The minimum atomic E-state index is 0.138. The summed E-state index contributed by atoms with van der Waals surface area (Å²) >= 11 is 0. The summed E-state index contributed by atoms with van der Waals surface area (Å²) in [5.41, 5.74) is 0. The van der Waals surface area contributed by atoms with E-state index in [4.69, 9.17) is 5.26 Å². The molecule has 12 heavy (non-hydrogen) atoms. The predicted molar refractivity (Wildman–Crippen MR) is 48.8 cm³/mol. The lowest BCUT2D eigenvalue weighted by molar-refractivity contribution is 0.131. The summed E-state index contributed by atoms with van der Waals surface area (Å²) in [6, 6.07) is 2.48. The highest BCUT2D eigenvalue weighted by molar-refractivity contribution is 4.92. The molecule has 0 spiro atoms. The molecule has 3 nitrogen and oxygen atoms in total. The Morgan fingerprint density at radius 3 is 2.33 bits per heavy atom. The van der Waals surface area contributed by atoms with Gasteiger partial charge in [0.2, 0.25) is 0 Å². The van der Waals surface area contributed by atoms with Crippen molar-refractivity contribution in [2.24, 2.45) is 0 Å². The maximum Gasteiger partial charge on any atom is 0.0976 e. The lowest BCUT2D eigenvalue weighted by Crippen LogP contribution is -2.48.